The molecule has 0 spiro atoms. The molecule has 0 bridgehead atoms. The molecule has 2 N–H and O–H groups in total. The summed E-state index contributed by atoms with van der Waals surface area (Å²) in [4.78, 5) is 15.8. The van der Waals surface area contributed by atoms with E-state index in [1.165, 1.54) is 12.0 Å². The standard InChI is InChI=1S/C15H20N2O3S/c1-20-15(19)16-12-7-8-17(10-12)11-14-6-5-13(21-14)4-2-3-9-18/h5-6,12,18H,3,7-11H2,1H3,(H,16,19). The van der Waals surface area contributed by atoms with Crippen molar-refractivity contribution in [1.82, 2.24) is 10.2 Å². The summed E-state index contributed by atoms with van der Waals surface area (Å²) in [5.41, 5.74) is 0. The highest BCUT2D eigenvalue weighted by atomic mass is 32.1. The number of ether oxygens (including phenoxy) is 1. The molecule has 1 unspecified atom stereocenters. The van der Waals surface area contributed by atoms with Crippen LogP contribution in [0.4, 0.5) is 4.79 Å². The molecule has 1 aliphatic heterocycles. The Hall–Kier alpha value is -1.55. The minimum atomic E-state index is -0.362. The number of carbonyl (C=O) groups is 1. The molecule has 2 heterocycles. The monoisotopic (exact) mass is 308 g/mol. The minimum Gasteiger partial charge on any atom is -0.453 e. The van der Waals surface area contributed by atoms with Crippen LogP contribution in [0.1, 0.15) is 22.6 Å². The molecule has 1 aromatic rings. The summed E-state index contributed by atoms with van der Waals surface area (Å²) in [6, 6.07) is 4.28. The Bertz CT molecular complexity index is 533. The summed E-state index contributed by atoms with van der Waals surface area (Å²) in [6.07, 6.45) is 1.10. The molecule has 0 saturated carbocycles. The largest absolute Gasteiger partial charge is 0.453 e. The number of thiophene rings is 1. The number of amides is 1. The number of methoxy groups -OCH3 is 1. The second kappa shape index (κ2) is 8.03. The number of alkyl carbamates (subject to hydrolysis) is 1. The summed E-state index contributed by atoms with van der Waals surface area (Å²) in [5.74, 6) is 5.98. The highest BCUT2D eigenvalue weighted by molar-refractivity contribution is 7.12. The van der Waals surface area contributed by atoms with Gasteiger partial charge in [0.1, 0.15) is 0 Å². The number of rotatable bonds is 4. The second-order valence-corrected chi connectivity index (χ2v) is 6.07. The van der Waals surface area contributed by atoms with Gasteiger partial charge in [0.05, 0.1) is 18.6 Å². The number of likely N-dealkylation sites (tertiary alicyclic amines) is 1. The van der Waals surface area contributed by atoms with Crippen molar-refractivity contribution < 1.29 is 14.6 Å². The molecule has 1 amide bonds. The van der Waals surface area contributed by atoms with E-state index in [0.29, 0.717) is 6.42 Å². The maximum Gasteiger partial charge on any atom is 0.407 e. The third-order valence-electron chi connectivity index (χ3n) is 3.27. The fourth-order valence-electron chi connectivity index (χ4n) is 2.28. The molecule has 6 heteroatoms. The first-order valence-corrected chi connectivity index (χ1v) is 7.78. The van der Waals surface area contributed by atoms with E-state index in [4.69, 9.17) is 5.11 Å². The van der Waals surface area contributed by atoms with Gasteiger partial charge in [0, 0.05) is 37.0 Å². The molecule has 5 nitrogen and oxygen atoms in total. The first kappa shape index (κ1) is 15.8. The van der Waals surface area contributed by atoms with Crippen molar-refractivity contribution in [3.05, 3.63) is 21.9 Å². The van der Waals surface area contributed by atoms with Crippen LogP contribution in [0, 0.1) is 11.8 Å². The van der Waals surface area contributed by atoms with Gasteiger partial charge in [0.15, 0.2) is 0 Å². The quantitative estimate of drug-likeness (QED) is 0.826. The Labute approximate surface area is 128 Å². The van der Waals surface area contributed by atoms with Gasteiger partial charge in [-0.3, -0.25) is 4.90 Å². The van der Waals surface area contributed by atoms with Crippen LogP contribution >= 0.6 is 11.3 Å². The van der Waals surface area contributed by atoms with Crippen LogP contribution in [0.25, 0.3) is 0 Å². The first-order valence-electron chi connectivity index (χ1n) is 6.96. The van der Waals surface area contributed by atoms with Crippen LogP contribution in [0.15, 0.2) is 12.1 Å². The average Bonchev–Trinajstić information content (AvgIpc) is 3.09. The normalized spacial score (nSPS) is 18.1. The lowest BCUT2D eigenvalue weighted by Crippen LogP contribution is -2.36. The highest BCUT2D eigenvalue weighted by Crippen LogP contribution is 2.20. The number of nitrogens with one attached hydrogen (secondary N) is 1. The van der Waals surface area contributed by atoms with Crippen molar-refractivity contribution >= 4 is 17.4 Å². The summed E-state index contributed by atoms with van der Waals surface area (Å²) >= 11 is 1.68. The van der Waals surface area contributed by atoms with Crippen molar-refractivity contribution in [2.24, 2.45) is 0 Å². The summed E-state index contributed by atoms with van der Waals surface area (Å²) in [6.45, 7) is 2.80. The highest BCUT2D eigenvalue weighted by Gasteiger charge is 2.24. The Morgan fingerprint density at radius 2 is 2.48 bits per heavy atom. The van der Waals surface area contributed by atoms with Crippen molar-refractivity contribution in [1.29, 1.82) is 0 Å². The zero-order valence-electron chi connectivity index (χ0n) is 12.1. The molecule has 1 atom stereocenters. The molecular formula is C15H20N2O3S. The van der Waals surface area contributed by atoms with Crippen molar-refractivity contribution in [2.75, 3.05) is 26.8 Å². The van der Waals surface area contributed by atoms with Gasteiger partial charge in [-0.15, -0.1) is 11.3 Å². The van der Waals surface area contributed by atoms with Gasteiger partial charge < -0.3 is 15.2 Å². The van der Waals surface area contributed by atoms with Crippen molar-refractivity contribution in [3.63, 3.8) is 0 Å². The SMILES string of the molecule is COC(=O)NC1CCN(Cc2ccc(C#CCCO)s2)C1. The molecule has 0 aromatic carbocycles. The molecule has 1 aliphatic rings. The van der Waals surface area contributed by atoms with Crippen molar-refractivity contribution in [2.45, 2.75) is 25.4 Å². The van der Waals surface area contributed by atoms with Gasteiger partial charge in [-0.25, -0.2) is 4.79 Å². The smallest absolute Gasteiger partial charge is 0.407 e. The number of aliphatic hydroxyl groups excluding tert-OH is 1. The Kier molecular flexibility index (Phi) is 6.05. The van der Waals surface area contributed by atoms with E-state index in [2.05, 4.69) is 32.9 Å². The van der Waals surface area contributed by atoms with Gasteiger partial charge in [-0.1, -0.05) is 11.8 Å². The molecular weight excluding hydrogens is 288 g/mol. The fourth-order valence-corrected chi connectivity index (χ4v) is 3.20. The lowest BCUT2D eigenvalue weighted by molar-refractivity contribution is 0.166. The van der Waals surface area contributed by atoms with E-state index in [0.717, 1.165) is 30.9 Å². The molecule has 0 aliphatic carbocycles. The number of hydrogen-bond donors (Lipinski definition) is 2. The van der Waals surface area contributed by atoms with Crippen LogP contribution in [-0.4, -0.2) is 48.9 Å². The number of aliphatic hydroxyl groups is 1. The van der Waals surface area contributed by atoms with Crippen molar-refractivity contribution in [3.8, 4) is 11.8 Å². The van der Waals surface area contributed by atoms with Crippen LogP contribution < -0.4 is 5.32 Å². The Morgan fingerprint density at radius 3 is 3.24 bits per heavy atom. The summed E-state index contributed by atoms with van der Waals surface area (Å²) < 4.78 is 4.62. The summed E-state index contributed by atoms with van der Waals surface area (Å²) in [7, 11) is 1.38. The zero-order valence-corrected chi connectivity index (χ0v) is 12.9. The van der Waals surface area contributed by atoms with Gasteiger partial charge in [-0.05, 0) is 18.6 Å². The second-order valence-electron chi connectivity index (χ2n) is 4.90. The van der Waals surface area contributed by atoms with E-state index in [9.17, 15) is 4.79 Å². The van der Waals surface area contributed by atoms with E-state index >= 15 is 0 Å². The van der Waals surface area contributed by atoms with Gasteiger partial charge in [0.2, 0.25) is 0 Å². The van der Waals surface area contributed by atoms with Crippen LogP contribution in [-0.2, 0) is 11.3 Å². The zero-order chi connectivity index (χ0) is 15.1. The Morgan fingerprint density at radius 1 is 1.62 bits per heavy atom. The summed E-state index contributed by atoms with van der Waals surface area (Å²) in [5, 5.41) is 11.5. The molecule has 1 saturated heterocycles. The van der Waals surface area contributed by atoms with E-state index in [1.54, 1.807) is 11.3 Å². The topological polar surface area (TPSA) is 61.8 Å². The van der Waals surface area contributed by atoms with Gasteiger partial charge in [0.25, 0.3) is 0 Å². The Balaban J connectivity index is 1.81. The molecule has 2 rings (SSSR count). The average molecular weight is 308 g/mol. The predicted molar refractivity (Wildman–Crippen MR) is 82.1 cm³/mol. The number of hydrogen-bond acceptors (Lipinski definition) is 5. The lowest BCUT2D eigenvalue weighted by atomic mass is 10.3. The predicted octanol–water partition coefficient (Wildman–Crippen LogP) is 1.41. The van der Waals surface area contributed by atoms with Gasteiger partial charge in [-0.2, -0.15) is 0 Å². The van der Waals surface area contributed by atoms with E-state index < -0.39 is 0 Å². The molecule has 21 heavy (non-hydrogen) atoms. The van der Waals surface area contributed by atoms with Crippen LogP contribution in [0.2, 0.25) is 0 Å². The maximum absolute atomic E-state index is 11.2. The number of carbonyl (C=O) groups excluding carboxylic acids is 1. The third kappa shape index (κ3) is 5.05. The fraction of sp³-hybridized carbons (Fsp3) is 0.533. The van der Waals surface area contributed by atoms with Crippen LogP contribution in [0.5, 0.6) is 0 Å². The van der Waals surface area contributed by atoms with E-state index in [-0.39, 0.29) is 18.7 Å². The van der Waals surface area contributed by atoms with E-state index in [1.807, 2.05) is 6.07 Å². The maximum atomic E-state index is 11.2. The first-order chi connectivity index (χ1) is 10.2. The van der Waals surface area contributed by atoms with Crippen LogP contribution in [0.3, 0.4) is 0 Å². The lowest BCUT2D eigenvalue weighted by Gasteiger charge is -2.15. The molecule has 114 valence electrons. The third-order valence-corrected chi connectivity index (χ3v) is 4.25. The molecule has 0 radical (unpaired) electrons. The molecule has 1 aromatic heterocycles. The number of nitrogens with zero attached hydrogens (tertiary/aromatic N) is 1. The minimum absolute atomic E-state index is 0.105. The molecule has 1 fully saturated rings. The van der Waals surface area contributed by atoms with Gasteiger partial charge >= 0.3 is 6.09 Å².